The fraction of sp³-hybridized carbons (Fsp3) is 0.286. The van der Waals surface area contributed by atoms with E-state index < -0.39 is 0 Å². The minimum absolute atomic E-state index is 0.228. The molecule has 2 rings (SSSR count). The van der Waals surface area contributed by atoms with Gasteiger partial charge in [0.25, 0.3) is 5.91 Å². The van der Waals surface area contributed by atoms with Gasteiger partial charge in [-0.3, -0.25) is 4.79 Å². The molecule has 4 nitrogen and oxygen atoms in total. The molecule has 0 aliphatic carbocycles. The number of carbonyl (C=O) groups is 1. The van der Waals surface area contributed by atoms with Crippen molar-refractivity contribution in [2.45, 2.75) is 18.2 Å². The van der Waals surface area contributed by atoms with Crippen LogP contribution in [0.3, 0.4) is 0 Å². The first-order valence-electron chi connectivity index (χ1n) is 6.25. The molecule has 0 fully saturated rings. The van der Waals surface area contributed by atoms with Gasteiger partial charge in [0.15, 0.2) is 5.69 Å². The van der Waals surface area contributed by atoms with E-state index >= 15 is 0 Å². The zero-order chi connectivity index (χ0) is 14.4. The van der Waals surface area contributed by atoms with Crippen LogP contribution >= 0.6 is 11.8 Å². The number of hydrogen-bond acceptors (Lipinski definition) is 4. The van der Waals surface area contributed by atoms with E-state index in [1.54, 1.807) is 36.9 Å². The van der Waals surface area contributed by atoms with Crippen LogP contribution in [0.15, 0.2) is 39.8 Å². The summed E-state index contributed by atoms with van der Waals surface area (Å²) in [7, 11) is 0. The minimum atomic E-state index is -0.232. The molecule has 1 aromatic carbocycles. The topological polar surface area (TPSA) is 55.1 Å². The molecular formula is C14H15FN2O2S. The van der Waals surface area contributed by atoms with E-state index in [1.165, 1.54) is 12.1 Å². The highest BCUT2D eigenvalue weighted by molar-refractivity contribution is 7.99. The number of carbonyl (C=O) groups excluding carboxylic acids is 1. The highest BCUT2D eigenvalue weighted by atomic mass is 32.2. The van der Waals surface area contributed by atoms with Crippen LogP contribution in [0.25, 0.3) is 0 Å². The van der Waals surface area contributed by atoms with Crippen LogP contribution in [-0.4, -0.2) is 23.4 Å². The van der Waals surface area contributed by atoms with E-state index in [0.29, 0.717) is 18.0 Å². The van der Waals surface area contributed by atoms with Gasteiger partial charge in [0, 0.05) is 17.5 Å². The summed E-state index contributed by atoms with van der Waals surface area (Å²) in [5.74, 6) is 1.00. The maximum Gasteiger partial charge on any atom is 0.273 e. The number of benzene rings is 1. The maximum atomic E-state index is 12.7. The van der Waals surface area contributed by atoms with Crippen molar-refractivity contribution in [3.8, 4) is 0 Å². The molecule has 0 unspecified atom stereocenters. The summed E-state index contributed by atoms with van der Waals surface area (Å²) in [6, 6.07) is 7.98. The molecule has 1 heterocycles. The van der Waals surface area contributed by atoms with Crippen molar-refractivity contribution in [1.29, 1.82) is 0 Å². The van der Waals surface area contributed by atoms with Crippen molar-refractivity contribution >= 4 is 17.7 Å². The van der Waals surface area contributed by atoms with Crippen LogP contribution in [0.4, 0.5) is 4.39 Å². The number of aryl methyl sites for hydroxylation is 1. The Bertz CT molecular complexity index is 569. The molecule has 1 amide bonds. The lowest BCUT2D eigenvalue weighted by Gasteiger charge is -2.03. The molecule has 0 aliphatic rings. The lowest BCUT2D eigenvalue weighted by molar-refractivity contribution is 0.0944. The van der Waals surface area contributed by atoms with Crippen molar-refractivity contribution in [3.63, 3.8) is 0 Å². The average molecular weight is 294 g/mol. The van der Waals surface area contributed by atoms with Gasteiger partial charge < -0.3 is 9.84 Å². The number of amides is 1. The highest BCUT2D eigenvalue weighted by Crippen LogP contribution is 2.18. The first-order valence-corrected chi connectivity index (χ1v) is 7.23. The number of hydrogen-bond donors (Lipinski definition) is 1. The van der Waals surface area contributed by atoms with E-state index in [1.807, 2.05) is 0 Å². The van der Waals surface area contributed by atoms with Crippen LogP contribution < -0.4 is 5.32 Å². The van der Waals surface area contributed by atoms with E-state index in [-0.39, 0.29) is 11.7 Å². The molecule has 20 heavy (non-hydrogen) atoms. The molecule has 0 atom stereocenters. The van der Waals surface area contributed by atoms with Crippen LogP contribution in [0.1, 0.15) is 22.7 Å². The van der Waals surface area contributed by atoms with Crippen molar-refractivity contribution in [2.24, 2.45) is 0 Å². The lowest BCUT2D eigenvalue weighted by atomic mass is 10.3. The van der Waals surface area contributed by atoms with Gasteiger partial charge >= 0.3 is 0 Å². The minimum Gasteiger partial charge on any atom is -0.361 e. The van der Waals surface area contributed by atoms with Crippen molar-refractivity contribution in [3.05, 3.63) is 47.6 Å². The second-order valence-electron chi connectivity index (χ2n) is 4.23. The van der Waals surface area contributed by atoms with E-state index in [2.05, 4.69) is 10.5 Å². The number of nitrogens with zero attached hydrogens (tertiary/aromatic N) is 1. The third-order valence-electron chi connectivity index (χ3n) is 2.55. The van der Waals surface area contributed by atoms with E-state index in [4.69, 9.17) is 4.52 Å². The zero-order valence-corrected chi connectivity index (χ0v) is 11.9. The first-order chi connectivity index (χ1) is 9.65. The summed E-state index contributed by atoms with van der Waals surface area (Å²) in [5.41, 5.74) is 0.300. The smallest absolute Gasteiger partial charge is 0.273 e. The Balaban J connectivity index is 1.64. The number of thioether (sulfide) groups is 1. The summed E-state index contributed by atoms with van der Waals surface area (Å²) in [4.78, 5) is 12.7. The van der Waals surface area contributed by atoms with E-state index in [9.17, 15) is 9.18 Å². The Morgan fingerprint density at radius 1 is 1.40 bits per heavy atom. The number of nitrogens with one attached hydrogen (secondary N) is 1. The third kappa shape index (κ3) is 4.38. The van der Waals surface area contributed by atoms with Gasteiger partial charge in [0.2, 0.25) is 0 Å². The van der Waals surface area contributed by atoms with Crippen LogP contribution in [0, 0.1) is 12.7 Å². The quantitative estimate of drug-likeness (QED) is 0.657. The summed E-state index contributed by atoms with van der Waals surface area (Å²) in [6.45, 7) is 2.31. The van der Waals surface area contributed by atoms with Crippen LogP contribution in [-0.2, 0) is 0 Å². The van der Waals surface area contributed by atoms with Crippen molar-refractivity contribution < 1.29 is 13.7 Å². The normalized spacial score (nSPS) is 10.5. The molecule has 106 valence electrons. The maximum absolute atomic E-state index is 12.7. The summed E-state index contributed by atoms with van der Waals surface area (Å²) >= 11 is 1.63. The molecule has 0 spiro atoms. The van der Waals surface area contributed by atoms with E-state index in [0.717, 1.165) is 17.1 Å². The van der Waals surface area contributed by atoms with Gasteiger partial charge in [0.05, 0.1) is 0 Å². The fourth-order valence-electron chi connectivity index (χ4n) is 1.56. The second kappa shape index (κ2) is 7.09. The summed E-state index contributed by atoms with van der Waals surface area (Å²) in [6.07, 6.45) is 0.824. The molecule has 2 aromatic rings. The van der Waals surface area contributed by atoms with Crippen LogP contribution in [0.5, 0.6) is 0 Å². The molecule has 6 heteroatoms. The van der Waals surface area contributed by atoms with Crippen LogP contribution in [0.2, 0.25) is 0 Å². The molecule has 0 radical (unpaired) electrons. The van der Waals surface area contributed by atoms with Crippen molar-refractivity contribution in [2.75, 3.05) is 12.3 Å². The monoisotopic (exact) mass is 294 g/mol. The second-order valence-corrected chi connectivity index (χ2v) is 5.40. The molecule has 1 aromatic heterocycles. The zero-order valence-electron chi connectivity index (χ0n) is 11.1. The number of rotatable bonds is 6. The predicted molar refractivity (Wildman–Crippen MR) is 75.3 cm³/mol. The molecule has 0 saturated carbocycles. The Morgan fingerprint density at radius 3 is 2.80 bits per heavy atom. The largest absolute Gasteiger partial charge is 0.361 e. The van der Waals surface area contributed by atoms with Gasteiger partial charge in [-0.2, -0.15) is 0 Å². The summed E-state index contributed by atoms with van der Waals surface area (Å²) < 4.78 is 17.5. The first kappa shape index (κ1) is 14.6. The summed E-state index contributed by atoms with van der Waals surface area (Å²) in [5, 5.41) is 6.42. The fourth-order valence-corrected chi connectivity index (χ4v) is 2.41. The molecule has 1 N–H and O–H groups in total. The van der Waals surface area contributed by atoms with Gasteiger partial charge in [0.1, 0.15) is 11.6 Å². The Kier molecular flexibility index (Phi) is 5.17. The lowest BCUT2D eigenvalue weighted by Crippen LogP contribution is -2.25. The van der Waals surface area contributed by atoms with Gasteiger partial charge in [-0.15, -0.1) is 11.8 Å². The molecule has 0 bridgehead atoms. The van der Waals surface area contributed by atoms with Gasteiger partial charge in [-0.25, -0.2) is 4.39 Å². The van der Waals surface area contributed by atoms with Gasteiger partial charge in [-0.1, -0.05) is 5.16 Å². The average Bonchev–Trinajstić information content (AvgIpc) is 2.87. The molecule has 0 saturated heterocycles. The van der Waals surface area contributed by atoms with Crippen molar-refractivity contribution in [1.82, 2.24) is 10.5 Å². The molecular weight excluding hydrogens is 279 g/mol. The molecule has 0 aliphatic heterocycles. The third-order valence-corrected chi connectivity index (χ3v) is 3.65. The Hall–Kier alpha value is -1.82. The SMILES string of the molecule is Cc1cc(C(=O)NCCCSc2ccc(F)cc2)no1. The number of halogens is 1. The predicted octanol–water partition coefficient (Wildman–Crippen LogP) is 3.03. The Morgan fingerprint density at radius 2 is 2.15 bits per heavy atom. The van der Waals surface area contributed by atoms with Gasteiger partial charge in [-0.05, 0) is 43.4 Å². The number of aromatic nitrogens is 1. The highest BCUT2D eigenvalue weighted by Gasteiger charge is 2.09. The Labute approximate surface area is 120 Å². The standard InChI is InChI=1S/C14H15FN2O2S/c1-10-9-13(17-19-10)14(18)16-7-2-8-20-12-5-3-11(15)4-6-12/h3-6,9H,2,7-8H2,1H3,(H,16,18).